The third-order valence-corrected chi connectivity index (χ3v) is 2.78. The third kappa shape index (κ3) is 4.24. The summed E-state index contributed by atoms with van der Waals surface area (Å²) in [7, 11) is 1.59. The molecule has 3 N–H and O–H groups in total. The molecule has 0 aliphatic heterocycles. The number of nitrogens with two attached hydrogens (primary N) is 1. The lowest BCUT2D eigenvalue weighted by atomic mass is 10.1. The first-order valence-corrected chi connectivity index (χ1v) is 5.74. The van der Waals surface area contributed by atoms with E-state index in [1.54, 1.807) is 7.11 Å². The van der Waals surface area contributed by atoms with E-state index >= 15 is 0 Å². The molecule has 0 aliphatic carbocycles. The minimum Gasteiger partial charge on any atom is -0.495 e. The number of nitrogens with one attached hydrogen (secondary N) is 1. The first kappa shape index (κ1) is 13.8. The van der Waals surface area contributed by atoms with Crippen molar-refractivity contribution >= 4 is 17.5 Å². The molecule has 1 aromatic carbocycles. The van der Waals surface area contributed by atoms with Gasteiger partial charge in [-0.25, -0.2) is 0 Å². The van der Waals surface area contributed by atoms with Gasteiger partial charge in [0, 0.05) is 0 Å². The van der Waals surface area contributed by atoms with Gasteiger partial charge in [-0.3, -0.25) is 4.79 Å². The molecule has 1 rings (SSSR count). The number of carbonyl (C=O) groups is 1. The number of hydrogen-bond acceptors (Lipinski definition) is 3. The van der Waals surface area contributed by atoms with Gasteiger partial charge in [-0.15, -0.1) is 0 Å². The molecule has 4 nitrogen and oxygen atoms in total. The van der Waals surface area contributed by atoms with Gasteiger partial charge in [0.2, 0.25) is 5.91 Å². The highest BCUT2D eigenvalue weighted by Gasteiger charge is 2.06. The highest BCUT2D eigenvalue weighted by atomic mass is 35.5. The van der Waals surface area contributed by atoms with E-state index in [-0.39, 0.29) is 12.5 Å². The second-order valence-electron chi connectivity index (χ2n) is 3.81. The second kappa shape index (κ2) is 6.47. The minimum absolute atomic E-state index is 0.197. The summed E-state index contributed by atoms with van der Waals surface area (Å²) in [4.78, 5) is 10.5. The molecule has 0 aliphatic rings. The van der Waals surface area contributed by atoms with E-state index < -0.39 is 0 Å². The molecular formula is C12H17ClN2O2. The molecule has 0 atom stereocenters. The van der Waals surface area contributed by atoms with Crippen LogP contribution in [0.3, 0.4) is 0 Å². The first-order valence-electron chi connectivity index (χ1n) is 5.36. The molecule has 0 bridgehead atoms. The maximum absolute atomic E-state index is 10.5. The molecule has 0 aromatic heterocycles. The van der Waals surface area contributed by atoms with E-state index in [0.717, 1.165) is 17.5 Å². The highest BCUT2D eigenvalue weighted by Crippen LogP contribution is 2.27. The van der Waals surface area contributed by atoms with Crippen LogP contribution in [0.2, 0.25) is 5.02 Å². The number of amides is 1. The number of hydrogen-bond donors (Lipinski definition) is 2. The number of halogens is 1. The number of ether oxygens (including phenoxy) is 1. The number of aryl methyl sites for hydroxylation is 1. The Labute approximate surface area is 106 Å². The SMILES string of the molecule is COc1cc(C)c(CCNCC(N)=O)cc1Cl. The van der Waals surface area contributed by atoms with Crippen molar-refractivity contribution in [2.45, 2.75) is 13.3 Å². The summed E-state index contributed by atoms with van der Waals surface area (Å²) in [6.07, 6.45) is 0.794. The van der Waals surface area contributed by atoms with Crippen LogP contribution in [0.15, 0.2) is 12.1 Å². The van der Waals surface area contributed by atoms with Crippen molar-refractivity contribution in [2.24, 2.45) is 5.73 Å². The van der Waals surface area contributed by atoms with Crippen LogP contribution in [0.1, 0.15) is 11.1 Å². The summed E-state index contributed by atoms with van der Waals surface area (Å²) < 4.78 is 5.13. The van der Waals surface area contributed by atoms with E-state index in [0.29, 0.717) is 17.3 Å². The number of primary amides is 1. The van der Waals surface area contributed by atoms with Gasteiger partial charge in [-0.05, 0) is 43.1 Å². The number of carbonyl (C=O) groups excluding carboxylic acids is 1. The lowest BCUT2D eigenvalue weighted by Crippen LogP contribution is -2.29. The van der Waals surface area contributed by atoms with Gasteiger partial charge < -0.3 is 15.8 Å². The van der Waals surface area contributed by atoms with Crippen LogP contribution in [0, 0.1) is 6.92 Å². The highest BCUT2D eigenvalue weighted by molar-refractivity contribution is 6.32. The minimum atomic E-state index is -0.352. The summed E-state index contributed by atoms with van der Waals surface area (Å²) in [5, 5.41) is 3.56. The van der Waals surface area contributed by atoms with Crippen molar-refractivity contribution in [1.82, 2.24) is 5.32 Å². The summed E-state index contributed by atoms with van der Waals surface area (Å²) in [6, 6.07) is 3.80. The van der Waals surface area contributed by atoms with Crippen LogP contribution in [0.25, 0.3) is 0 Å². The standard InChI is InChI=1S/C12H17ClN2O2/c1-8-5-11(17-2)10(13)6-9(8)3-4-15-7-12(14)16/h5-6,15H,3-4,7H2,1-2H3,(H2,14,16). The van der Waals surface area contributed by atoms with Gasteiger partial charge in [0.05, 0.1) is 18.7 Å². The van der Waals surface area contributed by atoms with E-state index in [1.165, 1.54) is 0 Å². The zero-order valence-electron chi connectivity index (χ0n) is 10.0. The molecular weight excluding hydrogens is 240 g/mol. The average molecular weight is 257 g/mol. The number of benzene rings is 1. The van der Waals surface area contributed by atoms with Gasteiger partial charge in [-0.2, -0.15) is 0 Å². The molecule has 0 saturated carbocycles. The Morgan fingerprint density at radius 3 is 2.82 bits per heavy atom. The smallest absolute Gasteiger partial charge is 0.231 e. The molecule has 0 radical (unpaired) electrons. The molecule has 0 spiro atoms. The van der Waals surface area contributed by atoms with Crippen molar-refractivity contribution in [3.8, 4) is 5.75 Å². The van der Waals surface area contributed by atoms with Crippen LogP contribution in [-0.2, 0) is 11.2 Å². The molecule has 94 valence electrons. The van der Waals surface area contributed by atoms with Crippen LogP contribution < -0.4 is 15.8 Å². The van der Waals surface area contributed by atoms with E-state index in [9.17, 15) is 4.79 Å². The largest absolute Gasteiger partial charge is 0.495 e. The lowest BCUT2D eigenvalue weighted by Gasteiger charge is -2.10. The lowest BCUT2D eigenvalue weighted by molar-refractivity contribution is -0.117. The van der Waals surface area contributed by atoms with E-state index in [2.05, 4.69) is 5.32 Å². The summed E-state index contributed by atoms with van der Waals surface area (Å²) in [6.45, 7) is 2.89. The van der Waals surface area contributed by atoms with Crippen molar-refractivity contribution in [3.63, 3.8) is 0 Å². The number of rotatable bonds is 6. The molecule has 0 unspecified atom stereocenters. The molecule has 0 heterocycles. The van der Waals surface area contributed by atoms with Crippen LogP contribution in [0.5, 0.6) is 5.75 Å². The Morgan fingerprint density at radius 2 is 2.24 bits per heavy atom. The van der Waals surface area contributed by atoms with Crippen LogP contribution in [-0.4, -0.2) is 26.1 Å². The van der Waals surface area contributed by atoms with Crippen molar-refractivity contribution in [2.75, 3.05) is 20.2 Å². The zero-order valence-corrected chi connectivity index (χ0v) is 10.8. The predicted molar refractivity (Wildman–Crippen MR) is 68.5 cm³/mol. The fourth-order valence-corrected chi connectivity index (χ4v) is 1.82. The van der Waals surface area contributed by atoms with Gasteiger partial charge in [-0.1, -0.05) is 11.6 Å². The first-order chi connectivity index (χ1) is 8.04. The molecule has 5 heteroatoms. The zero-order chi connectivity index (χ0) is 12.8. The Morgan fingerprint density at radius 1 is 1.53 bits per heavy atom. The topological polar surface area (TPSA) is 64.3 Å². The van der Waals surface area contributed by atoms with E-state index in [4.69, 9.17) is 22.1 Å². The molecule has 17 heavy (non-hydrogen) atoms. The maximum atomic E-state index is 10.5. The Balaban J connectivity index is 2.59. The average Bonchev–Trinajstić information content (AvgIpc) is 2.28. The van der Waals surface area contributed by atoms with Crippen LogP contribution in [0.4, 0.5) is 0 Å². The predicted octanol–water partition coefficient (Wildman–Crippen LogP) is 1.27. The normalized spacial score (nSPS) is 10.3. The Hall–Kier alpha value is -1.26. The monoisotopic (exact) mass is 256 g/mol. The number of methoxy groups -OCH3 is 1. The van der Waals surface area contributed by atoms with E-state index in [1.807, 2.05) is 19.1 Å². The van der Waals surface area contributed by atoms with Crippen molar-refractivity contribution in [3.05, 3.63) is 28.3 Å². The summed E-state index contributed by atoms with van der Waals surface area (Å²) in [5.41, 5.74) is 7.27. The van der Waals surface area contributed by atoms with Gasteiger partial charge in [0.25, 0.3) is 0 Å². The summed E-state index contributed by atoms with van der Waals surface area (Å²) in [5.74, 6) is 0.326. The second-order valence-corrected chi connectivity index (χ2v) is 4.21. The van der Waals surface area contributed by atoms with Crippen LogP contribution >= 0.6 is 11.6 Å². The maximum Gasteiger partial charge on any atom is 0.231 e. The van der Waals surface area contributed by atoms with Crippen molar-refractivity contribution < 1.29 is 9.53 Å². The summed E-state index contributed by atoms with van der Waals surface area (Å²) >= 11 is 6.05. The molecule has 1 amide bonds. The molecule has 1 aromatic rings. The Bertz CT molecular complexity index is 408. The van der Waals surface area contributed by atoms with Crippen molar-refractivity contribution in [1.29, 1.82) is 0 Å². The van der Waals surface area contributed by atoms with Gasteiger partial charge in [0.15, 0.2) is 0 Å². The molecule has 0 fully saturated rings. The Kier molecular flexibility index (Phi) is 5.25. The fraction of sp³-hybridized carbons (Fsp3) is 0.417. The quantitative estimate of drug-likeness (QED) is 0.754. The van der Waals surface area contributed by atoms with Gasteiger partial charge in [0.1, 0.15) is 5.75 Å². The van der Waals surface area contributed by atoms with Gasteiger partial charge >= 0.3 is 0 Å². The molecule has 0 saturated heterocycles. The fourth-order valence-electron chi connectivity index (χ4n) is 1.56. The third-order valence-electron chi connectivity index (χ3n) is 2.48.